The Morgan fingerprint density at radius 1 is 0.294 bits per heavy atom. The summed E-state index contributed by atoms with van der Waals surface area (Å²) in [6.45, 7) is 46.2. The molecule has 1 unspecified atom stereocenters. The Balaban J connectivity index is -0.000000216. The summed E-state index contributed by atoms with van der Waals surface area (Å²) >= 11 is 0. The van der Waals surface area contributed by atoms with Gasteiger partial charge in [-0.15, -0.1) is 0 Å². The molecule has 0 rings (SSSR count). The van der Waals surface area contributed by atoms with Gasteiger partial charge in [0.15, 0.2) is 18.9 Å². The van der Waals surface area contributed by atoms with Gasteiger partial charge in [-0.2, -0.15) is 0 Å². The van der Waals surface area contributed by atoms with Crippen LogP contribution in [0.5, 0.6) is 0 Å². The van der Waals surface area contributed by atoms with Crippen LogP contribution in [0.25, 0.3) is 0 Å². The van der Waals surface area contributed by atoms with Gasteiger partial charge in [0.25, 0.3) is 0 Å². The monoisotopic (exact) mass is 1480 g/mol. The van der Waals surface area contributed by atoms with Crippen LogP contribution < -0.4 is 0 Å². The molecule has 0 aliphatic heterocycles. The molecule has 0 radical (unpaired) electrons. The van der Waals surface area contributed by atoms with Gasteiger partial charge in [0.2, 0.25) is 0 Å². The van der Waals surface area contributed by atoms with Crippen LogP contribution in [0.3, 0.4) is 0 Å². The summed E-state index contributed by atoms with van der Waals surface area (Å²) in [7, 11) is 14.4. The Labute approximate surface area is 611 Å². The zero-order chi connectivity index (χ0) is 81.4. The van der Waals surface area contributed by atoms with E-state index in [9.17, 15) is 52.7 Å². The molecule has 0 aliphatic carbocycles. The Morgan fingerprint density at radius 2 is 0.588 bits per heavy atom. The summed E-state index contributed by atoms with van der Waals surface area (Å²) < 4.78 is 88.0. The van der Waals surface area contributed by atoms with Gasteiger partial charge in [-0.1, -0.05) is 125 Å². The first kappa shape index (κ1) is 109. The van der Waals surface area contributed by atoms with Crippen LogP contribution in [-0.4, -0.2) is 215 Å². The zero-order valence-electron chi connectivity index (χ0n) is 68.7. The maximum absolute atomic E-state index is 11.7. The molecule has 0 spiro atoms. The largest absolute Gasteiger partial charge is 0.469 e. The summed E-state index contributed by atoms with van der Waals surface area (Å²) in [4.78, 5) is 122. The summed E-state index contributed by atoms with van der Waals surface area (Å²) in [5.41, 5.74) is 0.512. The second-order valence-electron chi connectivity index (χ2n) is 30.7. The minimum Gasteiger partial charge on any atom is -0.469 e. The summed E-state index contributed by atoms with van der Waals surface area (Å²) in [5.74, 6) is -6.20. The summed E-state index contributed by atoms with van der Waals surface area (Å²) in [5, 5.41) is 0. The molecule has 29 heteroatoms. The van der Waals surface area contributed by atoms with Crippen molar-refractivity contribution in [2.45, 2.75) is 236 Å². The van der Waals surface area contributed by atoms with Gasteiger partial charge in [0, 0.05) is 87.1 Å². The van der Waals surface area contributed by atoms with E-state index in [0.29, 0.717) is 32.7 Å². The van der Waals surface area contributed by atoms with E-state index in [1.54, 1.807) is 28.4 Å². The molecule has 0 aromatic carbocycles. The number of hydrogen-bond donors (Lipinski definition) is 0. The van der Waals surface area contributed by atoms with Gasteiger partial charge >= 0.3 is 65.7 Å². The average Bonchev–Trinajstić information content (AvgIpc) is 0.935. The van der Waals surface area contributed by atoms with Gasteiger partial charge in [0.05, 0.1) is 106 Å². The Morgan fingerprint density at radius 3 is 0.784 bits per heavy atom. The third kappa shape index (κ3) is 86.3. The predicted octanol–water partition coefficient (Wildman–Crippen LogP) is 11.0. The van der Waals surface area contributed by atoms with E-state index < -0.39 is 67.3 Å². The molecule has 0 aliphatic rings. The lowest BCUT2D eigenvalue weighted by atomic mass is 9.85. The molecule has 102 heavy (non-hydrogen) atoms. The molecule has 29 nitrogen and oxygen atoms in total. The highest BCUT2D eigenvalue weighted by atomic mass is 16.7. The van der Waals surface area contributed by atoms with Gasteiger partial charge in [0.1, 0.15) is 19.3 Å². The molecule has 0 amide bonds. The van der Waals surface area contributed by atoms with E-state index in [2.05, 4.69) is 81.3 Å². The molecule has 0 aromatic rings. The Bertz CT molecular complexity index is 2210. The van der Waals surface area contributed by atoms with Crippen LogP contribution in [0.15, 0.2) is 0 Å². The van der Waals surface area contributed by atoms with E-state index in [1.165, 1.54) is 63.4 Å². The van der Waals surface area contributed by atoms with Gasteiger partial charge in [-0.3, -0.25) is 52.7 Å². The Kier molecular flexibility index (Phi) is 64.5. The molecular formula is C73H138O29. The van der Waals surface area contributed by atoms with Gasteiger partial charge in [-0.05, 0) is 53.8 Å². The third-order valence-corrected chi connectivity index (χ3v) is 11.9. The molecule has 0 bridgehead atoms. The van der Waals surface area contributed by atoms with Crippen LogP contribution in [0.2, 0.25) is 0 Å². The quantitative estimate of drug-likeness (QED) is 0.0250. The number of methoxy groups -OCH3 is 10. The highest BCUT2D eigenvalue weighted by Crippen LogP contribution is 2.27. The molecule has 604 valence electrons. The Hall–Kier alpha value is -6.11. The van der Waals surface area contributed by atoms with Crippen molar-refractivity contribution < 1.29 is 138 Å². The van der Waals surface area contributed by atoms with Crippen molar-refractivity contribution in [3.8, 4) is 0 Å². The number of hydrogen-bond acceptors (Lipinski definition) is 29. The number of carbonyl (C=O) groups excluding carboxylic acids is 11. The number of ether oxygens (including phenoxy) is 18. The SMILES string of the molecule is CC(=O)OCC(C)(C)C.CC(=O)OCC(COC(C)=O)CC(C)(C)C.COC(=O)CC(=O)OCC(COC(=O)CC(=O)OC)CC(C)(C)C.COC(=O)CC(=O)OCC(COC(=O)CC(OC)OC)COC(C)C.COC(=O)CC(C)(C)C.COC(CC(C)(C)C)OC.COC(OC)C(C)(C)C. The molecule has 0 fully saturated rings. The maximum Gasteiger partial charge on any atom is 0.317 e. The summed E-state index contributed by atoms with van der Waals surface area (Å²) in [6, 6.07) is 0. The summed E-state index contributed by atoms with van der Waals surface area (Å²) in [6.07, 6.45) is 0.524. The molecule has 0 N–H and O–H groups in total. The maximum atomic E-state index is 11.7. The molecule has 0 saturated carbocycles. The van der Waals surface area contributed by atoms with Crippen molar-refractivity contribution in [3.05, 3.63) is 0 Å². The topological polar surface area (TPSA) is 354 Å². The second kappa shape index (κ2) is 60.2. The normalized spacial score (nSPS) is 11.6. The van der Waals surface area contributed by atoms with Crippen molar-refractivity contribution in [3.63, 3.8) is 0 Å². The first-order valence-corrected chi connectivity index (χ1v) is 33.6. The molecule has 1 atom stereocenters. The van der Waals surface area contributed by atoms with Gasteiger partial charge in [-0.25, -0.2) is 0 Å². The second-order valence-corrected chi connectivity index (χ2v) is 30.7. The van der Waals surface area contributed by atoms with E-state index in [1.807, 2.05) is 76.2 Å². The number of rotatable bonds is 34. The van der Waals surface area contributed by atoms with Crippen molar-refractivity contribution in [1.82, 2.24) is 0 Å². The van der Waals surface area contributed by atoms with Crippen LogP contribution in [-0.2, 0) is 138 Å². The fourth-order valence-electron chi connectivity index (χ4n) is 7.42. The van der Waals surface area contributed by atoms with Gasteiger partial charge < -0.3 is 85.3 Å². The lowest BCUT2D eigenvalue weighted by Gasteiger charge is -2.27. The molecule has 0 heterocycles. The molecule has 0 aromatic heterocycles. The molecule has 0 saturated heterocycles. The molecular weight excluding hydrogens is 1340 g/mol. The van der Waals surface area contributed by atoms with E-state index in [0.717, 1.165) is 12.8 Å². The zero-order valence-corrected chi connectivity index (χ0v) is 68.7. The van der Waals surface area contributed by atoms with E-state index >= 15 is 0 Å². The fraction of sp³-hybridized carbons (Fsp3) is 0.849. The lowest BCUT2D eigenvalue weighted by Crippen LogP contribution is -2.29. The fourth-order valence-corrected chi connectivity index (χ4v) is 7.42. The first-order valence-electron chi connectivity index (χ1n) is 33.6. The van der Waals surface area contributed by atoms with Crippen molar-refractivity contribution in [2.75, 3.05) is 124 Å². The highest BCUT2D eigenvalue weighted by molar-refractivity contribution is 5.92. The number of esters is 11. The predicted molar refractivity (Wildman–Crippen MR) is 380 cm³/mol. The van der Waals surface area contributed by atoms with Crippen LogP contribution >= 0.6 is 0 Å². The van der Waals surface area contributed by atoms with Crippen LogP contribution in [0.4, 0.5) is 0 Å². The standard InChI is InChI=1S/C16H28O9.C16H26O8.C12H22O4.C8H18O2.C7H16O2.2C7H14O2/c1-11(2)23-8-12(9-24-14(18)6-13(17)20-3)10-25-15(19)7-16(21-4)22-5;1-16(2,3)8-11(9-23-14(19)6-12(17)21-4)10-24-15(20)7-13(18)22-5;1-9(13)15-7-11(6-12(3,4)5)8-16-10(2)14;1-8(2,3)6-7(9-4)10-5;1-7(2,3)6(8-4)9-5;1-7(2,3)5-6(8)9-4;1-6(8)9-5-7(2,3)4/h11-12,16H,6-10H2,1-5H3;11H,6-10H2,1-5H3;11H,6-8H2,1-5H3;7H,6H2,1-5H3;6H,1-5H3;2*5H2,1-4H3. The van der Waals surface area contributed by atoms with Crippen molar-refractivity contribution >= 4 is 65.7 Å². The average molecular weight is 1480 g/mol. The smallest absolute Gasteiger partial charge is 0.317 e. The van der Waals surface area contributed by atoms with Crippen molar-refractivity contribution in [1.29, 1.82) is 0 Å². The van der Waals surface area contributed by atoms with E-state index in [4.69, 9.17) is 66.3 Å². The first-order chi connectivity index (χ1) is 46.5. The van der Waals surface area contributed by atoms with Crippen LogP contribution in [0, 0.1) is 50.2 Å². The minimum absolute atomic E-state index is 0.00139. The lowest BCUT2D eigenvalue weighted by molar-refractivity contribution is -0.163. The van der Waals surface area contributed by atoms with Crippen molar-refractivity contribution in [2.24, 2.45) is 50.2 Å². The van der Waals surface area contributed by atoms with E-state index in [-0.39, 0.29) is 132 Å². The highest BCUT2D eigenvalue weighted by Gasteiger charge is 2.27. The third-order valence-electron chi connectivity index (χ3n) is 11.9. The minimum atomic E-state index is -0.716. The number of carbonyl (C=O) groups is 11. The van der Waals surface area contributed by atoms with Crippen LogP contribution in [0.1, 0.15) is 211 Å².